The fourth-order valence-electron chi connectivity index (χ4n) is 7.15. The average Bonchev–Trinajstić information content (AvgIpc) is 3.83. The van der Waals surface area contributed by atoms with Gasteiger partial charge < -0.3 is 43.8 Å². The van der Waals surface area contributed by atoms with Gasteiger partial charge >= 0.3 is 5.97 Å². The molecule has 48 heavy (non-hydrogen) atoms. The number of fused-ring (bicyclic) bond motifs is 6. The maximum absolute atomic E-state index is 12.7. The summed E-state index contributed by atoms with van der Waals surface area (Å²) in [5.41, 5.74) is 11.1. The average molecular weight is 655 g/mol. The first-order valence-electron chi connectivity index (χ1n) is 15.8. The molecule has 3 aromatic carbocycles. The Morgan fingerprint density at radius 1 is 0.979 bits per heavy atom. The highest BCUT2D eigenvalue weighted by atomic mass is 16.7. The number of carbonyl (C=O) groups excluding carboxylic acids is 1. The first-order chi connectivity index (χ1) is 23.2. The molecule has 0 saturated carbocycles. The van der Waals surface area contributed by atoms with E-state index in [4.69, 9.17) is 34.2 Å². The molecule has 3 N–H and O–H groups in total. The Morgan fingerprint density at radius 2 is 1.67 bits per heavy atom. The molecule has 2 aromatic heterocycles. The van der Waals surface area contributed by atoms with Gasteiger partial charge in [0.15, 0.2) is 28.8 Å². The number of carbonyl (C=O) groups is 1. The summed E-state index contributed by atoms with van der Waals surface area (Å²) in [5, 5.41) is 12.1. The van der Waals surface area contributed by atoms with Crippen molar-refractivity contribution in [1.82, 2.24) is 14.5 Å². The highest BCUT2D eigenvalue weighted by molar-refractivity contribution is 6.06. The smallest absolute Gasteiger partial charge is 0.310 e. The number of ether oxygens (including phenoxy) is 6. The first-order valence-corrected chi connectivity index (χ1v) is 15.8. The molecule has 0 amide bonds. The third-order valence-electron chi connectivity index (χ3n) is 9.24. The molecule has 4 heterocycles. The molecule has 1 aliphatic carbocycles. The molecule has 0 radical (unpaired) electrons. The normalized spacial score (nSPS) is 20.6. The first kappa shape index (κ1) is 31.4. The van der Waals surface area contributed by atoms with Crippen LogP contribution in [0.2, 0.25) is 0 Å². The summed E-state index contributed by atoms with van der Waals surface area (Å²) in [6.07, 6.45) is 1.01. The number of nitrogens with two attached hydrogens (primary N) is 1. The van der Waals surface area contributed by atoms with Gasteiger partial charge in [0.05, 0.1) is 57.3 Å². The predicted octanol–water partition coefficient (Wildman–Crippen LogP) is 5.23. The number of nitrogens with zero attached hydrogens (tertiary/aromatic N) is 3. The van der Waals surface area contributed by atoms with Crippen LogP contribution in [0.4, 0.5) is 5.82 Å². The van der Waals surface area contributed by atoms with Crippen molar-refractivity contribution >= 4 is 33.7 Å². The van der Waals surface area contributed by atoms with Crippen LogP contribution in [0.5, 0.6) is 28.7 Å². The number of hydrogen-bond acceptors (Lipinski definition) is 11. The van der Waals surface area contributed by atoms with Crippen molar-refractivity contribution in [2.75, 3.05) is 40.5 Å². The van der Waals surface area contributed by atoms with E-state index in [1.807, 2.05) is 42.7 Å². The zero-order chi connectivity index (χ0) is 33.7. The number of aliphatic hydroxyl groups excluding tert-OH is 1. The molecule has 12 heteroatoms. The minimum Gasteiger partial charge on any atom is -0.493 e. The van der Waals surface area contributed by atoms with Crippen LogP contribution in [-0.2, 0) is 16.1 Å². The van der Waals surface area contributed by atoms with E-state index in [0.717, 1.165) is 39.6 Å². The number of pyridine rings is 1. The van der Waals surface area contributed by atoms with Crippen molar-refractivity contribution < 1.29 is 38.3 Å². The van der Waals surface area contributed by atoms with Gasteiger partial charge in [-0.15, -0.1) is 0 Å². The molecule has 3 aliphatic rings. The fraction of sp³-hybridized carbons (Fsp3) is 0.361. The predicted molar refractivity (Wildman–Crippen MR) is 178 cm³/mol. The lowest BCUT2D eigenvalue weighted by Crippen LogP contribution is -2.34. The number of hydrogen-bond donors (Lipinski definition) is 2. The number of cyclic esters (lactones) is 1. The summed E-state index contributed by atoms with van der Waals surface area (Å²) >= 11 is 0. The van der Waals surface area contributed by atoms with Gasteiger partial charge in [-0.3, -0.25) is 4.79 Å². The third kappa shape index (κ3) is 5.16. The lowest BCUT2D eigenvalue weighted by atomic mass is 9.66. The molecule has 2 aliphatic heterocycles. The molecule has 4 atom stereocenters. The molecule has 1 saturated heterocycles. The maximum Gasteiger partial charge on any atom is 0.310 e. The summed E-state index contributed by atoms with van der Waals surface area (Å²) in [7, 11) is 4.63. The third-order valence-corrected chi connectivity index (χ3v) is 9.24. The monoisotopic (exact) mass is 654 g/mol. The van der Waals surface area contributed by atoms with Crippen LogP contribution in [0.15, 0.2) is 54.9 Å². The number of anilines is 1. The van der Waals surface area contributed by atoms with E-state index >= 15 is 0 Å². The van der Waals surface area contributed by atoms with E-state index in [2.05, 4.69) is 34.4 Å². The summed E-state index contributed by atoms with van der Waals surface area (Å²) in [4.78, 5) is 21.5. The van der Waals surface area contributed by atoms with Crippen molar-refractivity contribution in [2.45, 2.75) is 32.4 Å². The van der Waals surface area contributed by atoms with Crippen molar-refractivity contribution in [2.24, 2.45) is 17.8 Å². The van der Waals surface area contributed by atoms with Crippen molar-refractivity contribution in [1.29, 1.82) is 0 Å². The van der Waals surface area contributed by atoms with Gasteiger partial charge in [0.25, 0.3) is 0 Å². The van der Waals surface area contributed by atoms with E-state index in [0.29, 0.717) is 46.0 Å². The van der Waals surface area contributed by atoms with Crippen molar-refractivity contribution in [3.8, 4) is 28.7 Å². The van der Waals surface area contributed by atoms with E-state index in [1.165, 1.54) is 7.11 Å². The van der Waals surface area contributed by atoms with Crippen LogP contribution >= 0.6 is 0 Å². The van der Waals surface area contributed by atoms with Crippen molar-refractivity contribution in [3.05, 3.63) is 71.5 Å². The van der Waals surface area contributed by atoms with E-state index in [9.17, 15) is 9.90 Å². The van der Waals surface area contributed by atoms with Crippen LogP contribution in [-0.4, -0.2) is 60.3 Å². The van der Waals surface area contributed by atoms with Gasteiger partial charge in [0.1, 0.15) is 5.52 Å². The molecule has 5 aromatic rings. The van der Waals surface area contributed by atoms with Gasteiger partial charge in [-0.25, -0.2) is 9.97 Å². The van der Waals surface area contributed by atoms with Gasteiger partial charge in [-0.1, -0.05) is 32.0 Å². The number of rotatable bonds is 6. The number of imidazole rings is 1. The number of esters is 1. The zero-order valence-electron chi connectivity index (χ0n) is 27.4. The number of aromatic nitrogens is 3. The summed E-state index contributed by atoms with van der Waals surface area (Å²) in [6.45, 7) is 5.61. The Hall–Kier alpha value is -5.23. The Bertz CT molecular complexity index is 2000. The maximum atomic E-state index is 12.7. The van der Waals surface area contributed by atoms with Crippen LogP contribution in [0.25, 0.3) is 21.9 Å². The number of methoxy groups -OCH3 is 3. The van der Waals surface area contributed by atoms with E-state index in [1.54, 1.807) is 20.3 Å². The van der Waals surface area contributed by atoms with Crippen molar-refractivity contribution in [3.63, 3.8) is 0 Å². The molecular weight excluding hydrogens is 616 g/mol. The number of benzene rings is 3. The fourth-order valence-corrected chi connectivity index (χ4v) is 7.15. The standard InChI is InChI=1S/C22H22O8.C14H16N4/c1-25-16-4-10(5-17(26-2)21(16)27-3)18-11-6-14-15(30-9-29-14)7-12(11)20(23)13-8-28-22(24)19(13)18;1-9(2)7-18-8-16-12-13(18)10-5-3-4-6-11(10)17-14(12)15/h4-7,13,18-20,23H,8-9H2,1-3H3;3-6,8-9H,7H2,1-2H3,(H2,15,17)/t13-,18+,19-,20-;/m0./s1. The van der Waals surface area contributed by atoms with Gasteiger partial charge in [-0.05, 0) is 52.9 Å². The highest BCUT2D eigenvalue weighted by Crippen LogP contribution is 2.55. The van der Waals surface area contributed by atoms with Crippen LogP contribution in [0.1, 0.15) is 42.6 Å². The largest absolute Gasteiger partial charge is 0.493 e. The van der Waals surface area contributed by atoms with Crippen LogP contribution in [0, 0.1) is 17.8 Å². The Morgan fingerprint density at radius 3 is 2.33 bits per heavy atom. The van der Waals surface area contributed by atoms with E-state index in [-0.39, 0.29) is 31.2 Å². The highest BCUT2D eigenvalue weighted by Gasteiger charge is 2.52. The molecule has 0 unspecified atom stereocenters. The second-order valence-electron chi connectivity index (χ2n) is 12.5. The minimum absolute atomic E-state index is 0.123. The zero-order valence-corrected chi connectivity index (χ0v) is 27.4. The number of nitrogen functional groups attached to an aromatic ring is 1. The Balaban J connectivity index is 0.000000172. The molecule has 0 spiro atoms. The summed E-state index contributed by atoms with van der Waals surface area (Å²) < 4.78 is 35.1. The molecule has 8 rings (SSSR count). The molecule has 250 valence electrons. The minimum atomic E-state index is -0.843. The Kier molecular flexibility index (Phi) is 8.12. The van der Waals surface area contributed by atoms with Crippen LogP contribution in [0.3, 0.4) is 0 Å². The van der Waals surface area contributed by atoms with Gasteiger partial charge in [-0.2, -0.15) is 0 Å². The van der Waals surface area contributed by atoms with Crippen LogP contribution < -0.4 is 29.4 Å². The number of aliphatic hydroxyl groups is 1. The SMILES string of the molecule is CC(C)Cn1cnc2c(N)nc3ccccc3c21.COc1cc([C@@H]2c3cc4c(cc3[C@H](O)[C@H]3COC(=O)[C@H]23)OCO4)cc(OC)c1OC. The summed E-state index contributed by atoms with van der Waals surface area (Å²) in [6, 6.07) is 15.4. The number of para-hydroxylation sites is 1. The molecule has 0 bridgehead atoms. The molecule has 1 fully saturated rings. The second kappa shape index (κ2) is 12.4. The Labute approximate surface area is 277 Å². The van der Waals surface area contributed by atoms with Gasteiger partial charge in [0, 0.05) is 23.8 Å². The quantitative estimate of drug-likeness (QED) is 0.232. The summed E-state index contributed by atoms with van der Waals surface area (Å²) in [5.74, 6) is 2.06. The lowest BCUT2D eigenvalue weighted by Gasteiger charge is -2.37. The molecular formula is C36H38N4O8. The molecule has 12 nitrogen and oxygen atoms in total. The topological polar surface area (TPSA) is 149 Å². The van der Waals surface area contributed by atoms with Gasteiger partial charge in [0.2, 0.25) is 12.5 Å². The lowest BCUT2D eigenvalue weighted by molar-refractivity contribution is -0.141. The van der Waals surface area contributed by atoms with E-state index < -0.39 is 12.0 Å². The second-order valence-corrected chi connectivity index (χ2v) is 12.5.